The topological polar surface area (TPSA) is 81.5 Å². The molecule has 7 heteroatoms. The van der Waals surface area contributed by atoms with Crippen LogP contribution in [0.2, 0.25) is 5.02 Å². The van der Waals surface area contributed by atoms with Crippen LogP contribution in [0.15, 0.2) is 48.5 Å². The first-order valence-corrected chi connectivity index (χ1v) is 6.81. The Morgan fingerprint density at radius 1 is 1.27 bits per heavy atom. The van der Waals surface area contributed by atoms with Crippen molar-refractivity contribution in [3.05, 3.63) is 63.7 Å². The molecule has 0 radical (unpaired) electrons. The van der Waals surface area contributed by atoms with E-state index in [0.717, 1.165) is 0 Å². The SMILES string of the molecule is CC(Oc1ccccc1Cl)C(=O)Nc1cccc([N+](=O)[O-])c1. The molecule has 114 valence electrons. The van der Waals surface area contributed by atoms with Gasteiger partial charge in [-0.15, -0.1) is 0 Å². The molecule has 0 heterocycles. The number of nitrogens with one attached hydrogen (secondary N) is 1. The number of hydrogen-bond donors (Lipinski definition) is 1. The Bertz CT molecular complexity index is 705. The van der Waals surface area contributed by atoms with Gasteiger partial charge in [-0.25, -0.2) is 0 Å². The van der Waals surface area contributed by atoms with Crippen molar-refractivity contribution >= 4 is 28.9 Å². The summed E-state index contributed by atoms with van der Waals surface area (Å²) in [6, 6.07) is 12.5. The van der Waals surface area contributed by atoms with Crippen LogP contribution in [0, 0.1) is 10.1 Å². The van der Waals surface area contributed by atoms with E-state index < -0.39 is 16.9 Å². The zero-order chi connectivity index (χ0) is 16.1. The summed E-state index contributed by atoms with van der Waals surface area (Å²) in [6.45, 7) is 1.57. The van der Waals surface area contributed by atoms with Gasteiger partial charge in [0.2, 0.25) is 0 Å². The van der Waals surface area contributed by atoms with Crippen molar-refractivity contribution in [2.45, 2.75) is 13.0 Å². The molecule has 1 unspecified atom stereocenters. The van der Waals surface area contributed by atoms with Gasteiger partial charge < -0.3 is 10.1 Å². The Kier molecular flexibility index (Phi) is 4.95. The number of nitro groups is 1. The first-order chi connectivity index (χ1) is 10.5. The molecule has 0 bridgehead atoms. The van der Waals surface area contributed by atoms with E-state index in [0.29, 0.717) is 16.5 Å². The maximum Gasteiger partial charge on any atom is 0.271 e. The van der Waals surface area contributed by atoms with Gasteiger partial charge in [-0.2, -0.15) is 0 Å². The Hall–Kier alpha value is -2.60. The van der Waals surface area contributed by atoms with Gasteiger partial charge in [0.1, 0.15) is 5.75 Å². The molecular weight excluding hydrogens is 308 g/mol. The van der Waals surface area contributed by atoms with Crippen LogP contribution in [0.5, 0.6) is 5.75 Å². The molecule has 0 aliphatic carbocycles. The second-order valence-electron chi connectivity index (χ2n) is 4.49. The van der Waals surface area contributed by atoms with Crippen LogP contribution in [-0.4, -0.2) is 16.9 Å². The van der Waals surface area contributed by atoms with Crippen molar-refractivity contribution in [2.24, 2.45) is 0 Å². The number of hydrogen-bond acceptors (Lipinski definition) is 4. The van der Waals surface area contributed by atoms with E-state index in [1.54, 1.807) is 37.3 Å². The predicted octanol–water partition coefficient (Wildman–Crippen LogP) is 3.65. The number of benzene rings is 2. The normalized spacial score (nSPS) is 11.5. The molecule has 0 aromatic heterocycles. The van der Waals surface area contributed by atoms with Crippen LogP contribution < -0.4 is 10.1 Å². The lowest BCUT2D eigenvalue weighted by Crippen LogP contribution is -2.30. The lowest BCUT2D eigenvalue weighted by atomic mass is 10.2. The molecule has 0 aliphatic heterocycles. The van der Waals surface area contributed by atoms with Crippen LogP contribution in [0.3, 0.4) is 0 Å². The fraction of sp³-hybridized carbons (Fsp3) is 0.133. The second-order valence-corrected chi connectivity index (χ2v) is 4.89. The molecule has 0 spiro atoms. The predicted molar refractivity (Wildman–Crippen MR) is 83.3 cm³/mol. The summed E-state index contributed by atoms with van der Waals surface area (Å²) in [5.74, 6) is -0.0359. The molecule has 0 saturated carbocycles. The van der Waals surface area contributed by atoms with E-state index in [4.69, 9.17) is 16.3 Å². The molecule has 2 aromatic rings. The lowest BCUT2D eigenvalue weighted by Gasteiger charge is -2.15. The summed E-state index contributed by atoms with van der Waals surface area (Å²) in [5.41, 5.74) is 0.228. The molecule has 0 saturated heterocycles. The van der Waals surface area contributed by atoms with E-state index in [1.165, 1.54) is 18.2 Å². The molecule has 1 N–H and O–H groups in total. The van der Waals surface area contributed by atoms with Crippen molar-refractivity contribution in [3.8, 4) is 5.75 Å². The number of rotatable bonds is 5. The maximum absolute atomic E-state index is 12.1. The fourth-order valence-electron chi connectivity index (χ4n) is 1.73. The largest absolute Gasteiger partial charge is 0.479 e. The lowest BCUT2D eigenvalue weighted by molar-refractivity contribution is -0.384. The van der Waals surface area contributed by atoms with Crippen molar-refractivity contribution in [1.82, 2.24) is 0 Å². The molecular formula is C15H13ClN2O4. The summed E-state index contributed by atoms with van der Waals surface area (Å²) in [7, 11) is 0. The molecule has 0 aliphatic rings. The number of para-hydroxylation sites is 1. The summed E-state index contributed by atoms with van der Waals surface area (Å²) < 4.78 is 5.48. The van der Waals surface area contributed by atoms with Gasteiger partial charge in [-0.05, 0) is 25.1 Å². The number of carbonyl (C=O) groups is 1. The fourth-order valence-corrected chi connectivity index (χ4v) is 1.91. The number of nitrogens with zero attached hydrogens (tertiary/aromatic N) is 1. The first kappa shape index (κ1) is 15.8. The highest BCUT2D eigenvalue weighted by molar-refractivity contribution is 6.32. The van der Waals surface area contributed by atoms with E-state index >= 15 is 0 Å². The zero-order valence-corrected chi connectivity index (χ0v) is 12.4. The van der Waals surface area contributed by atoms with Crippen molar-refractivity contribution in [2.75, 3.05) is 5.32 Å². The van der Waals surface area contributed by atoms with Gasteiger partial charge in [0.25, 0.3) is 11.6 Å². The quantitative estimate of drug-likeness (QED) is 0.673. The highest BCUT2D eigenvalue weighted by atomic mass is 35.5. The Balaban J connectivity index is 2.04. The summed E-state index contributed by atoms with van der Waals surface area (Å²) in [4.78, 5) is 22.2. The third-order valence-corrected chi connectivity index (χ3v) is 3.15. The maximum atomic E-state index is 12.1. The molecule has 1 atom stereocenters. The van der Waals surface area contributed by atoms with E-state index in [9.17, 15) is 14.9 Å². The van der Waals surface area contributed by atoms with Crippen molar-refractivity contribution in [3.63, 3.8) is 0 Å². The molecule has 22 heavy (non-hydrogen) atoms. The third-order valence-electron chi connectivity index (χ3n) is 2.83. The Morgan fingerprint density at radius 2 is 2.00 bits per heavy atom. The minimum Gasteiger partial charge on any atom is -0.479 e. The minimum atomic E-state index is -0.806. The smallest absolute Gasteiger partial charge is 0.271 e. The summed E-state index contributed by atoms with van der Waals surface area (Å²) in [5, 5.41) is 13.7. The van der Waals surface area contributed by atoms with Gasteiger partial charge in [-0.1, -0.05) is 29.8 Å². The average Bonchev–Trinajstić information content (AvgIpc) is 2.49. The van der Waals surface area contributed by atoms with E-state index in [1.807, 2.05) is 0 Å². The number of ether oxygens (including phenoxy) is 1. The van der Waals surface area contributed by atoms with Gasteiger partial charge >= 0.3 is 0 Å². The van der Waals surface area contributed by atoms with Crippen LogP contribution in [0.4, 0.5) is 11.4 Å². The summed E-state index contributed by atoms with van der Waals surface area (Å²) >= 11 is 5.96. The van der Waals surface area contributed by atoms with Gasteiger partial charge in [0.05, 0.1) is 9.95 Å². The van der Waals surface area contributed by atoms with Gasteiger partial charge in [0.15, 0.2) is 6.10 Å². The second kappa shape index (κ2) is 6.91. The standard InChI is InChI=1S/C15H13ClN2O4/c1-10(22-14-8-3-2-7-13(14)16)15(19)17-11-5-4-6-12(9-11)18(20)21/h2-10H,1H3,(H,17,19). The molecule has 0 fully saturated rings. The molecule has 2 rings (SSSR count). The van der Waals surface area contributed by atoms with E-state index in [2.05, 4.69) is 5.32 Å². The molecule has 1 amide bonds. The monoisotopic (exact) mass is 320 g/mol. The number of amides is 1. The van der Waals surface area contributed by atoms with Gasteiger partial charge in [0, 0.05) is 17.8 Å². The van der Waals surface area contributed by atoms with Crippen LogP contribution >= 0.6 is 11.6 Å². The number of anilines is 1. The van der Waals surface area contributed by atoms with Crippen molar-refractivity contribution < 1.29 is 14.5 Å². The highest BCUT2D eigenvalue weighted by Gasteiger charge is 2.17. The number of carbonyl (C=O) groups excluding carboxylic acids is 1. The third kappa shape index (κ3) is 3.95. The van der Waals surface area contributed by atoms with Crippen LogP contribution in [-0.2, 0) is 4.79 Å². The first-order valence-electron chi connectivity index (χ1n) is 6.44. The minimum absolute atomic E-state index is 0.0996. The Labute approximate surface area is 131 Å². The number of halogens is 1. The molecule has 2 aromatic carbocycles. The Morgan fingerprint density at radius 3 is 2.68 bits per heavy atom. The van der Waals surface area contributed by atoms with Crippen molar-refractivity contribution in [1.29, 1.82) is 0 Å². The van der Waals surface area contributed by atoms with Crippen LogP contribution in [0.1, 0.15) is 6.92 Å². The zero-order valence-electron chi connectivity index (χ0n) is 11.7. The number of non-ortho nitro benzene ring substituents is 1. The van der Waals surface area contributed by atoms with Gasteiger partial charge in [-0.3, -0.25) is 14.9 Å². The highest BCUT2D eigenvalue weighted by Crippen LogP contribution is 2.24. The van der Waals surface area contributed by atoms with Crippen LogP contribution in [0.25, 0.3) is 0 Å². The summed E-state index contributed by atoms with van der Waals surface area (Å²) in [6.07, 6.45) is -0.806. The number of nitro benzene ring substituents is 1. The average molecular weight is 321 g/mol. The van der Waals surface area contributed by atoms with E-state index in [-0.39, 0.29) is 5.69 Å². The molecule has 6 nitrogen and oxygen atoms in total.